The van der Waals surface area contributed by atoms with Crippen molar-refractivity contribution in [3.05, 3.63) is 71.4 Å². The van der Waals surface area contributed by atoms with E-state index in [1.54, 1.807) is 6.07 Å². The summed E-state index contributed by atoms with van der Waals surface area (Å²) in [6.45, 7) is 3.77. The van der Waals surface area contributed by atoms with Crippen LogP contribution in [0.15, 0.2) is 52.9 Å². The number of aryl methyl sites for hydroxylation is 2. The molecule has 1 saturated carbocycles. The SMILES string of the molecule is Cc1nc(-c2cccc(NC(=O)C3(c4cccc(F)c4)CCCC3)c2)oc1C. The van der Waals surface area contributed by atoms with Gasteiger partial charge in [0.15, 0.2) is 0 Å². The Bertz CT molecular complexity index is 999. The van der Waals surface area contributed by atoms with E-state index in [4.69, 9.17) is 4.42 Å². The average Bonchev–Trinajstić information content (AvgIpc) is 3.30. The molecule has 144 valence electrons. The van der Waals surface area contributed by atoms with Crippen LogP contribution in [-0.2, 0) is 10.2 Å². The van der Waals surface area contributed by atoms with Crippen LogP contribution in [0.5, 0.6) is 0 Å². The molecule has 2 aromatic carbocycles. The Morgan fingerprint density at radius 1 is 1.11 bits per heavy atom. The maximum absolute atomic E-state index is 13.8. The van der Waals surface area contributed by atoms with E-state index in [0.717, 1.165) is 48.3 Å². The Balaban J connectivity index is 1.63. The van der Waals surface area contributed by atoms with E-state index in [-0.39, 0.29) is 11.7 Å². The lowest BCUT2D eigenvalue weighted by Gasteiger charge is -2.28. The highest BCUT2D eigenvalue weighted by Crippen LogP contribution is 2.42. The van der Waals surface area contributed by atoms with Crippen LogP contribution in [0.1, 0.15) is 42.7 Å². The number of carbonyl (C=O) groups is 1. The van der Waals surface area contributed by atoms with E-state index in [2.05, 4.69) is 10.3 Å². The van der Waals surface area contributed by atoms with Gasteiger partial charge in [-0.2, -0.15) is 0 Å². The van der Waals surface area contributed by atoms with Crippen LogP contribution in [0.2, 0.25) is 0 Å². The zero-order chi connectivity index (χ0) is 19.7. The summed E-state index contributed by atoms with van der Waals surface area (Å²) in [6.07, 6.45) is 3.36. The Morgan fingerprint density at radius 2 is 1.86 bits per heavy atom. The molecule has 0 unspecified atom stereocenters. The van der Waals surface area contributed by atoms with Crippen LogP contribution < -0.4 is 5.32 Å². The normalized spacial score (nSPS) is 15.5. The van der Waals surface area contributed by atoms with Gasteiger partial charge in [-0.05, 0) is 62.6 Å². The van der Waals surface area contributed by atoms with Crippen molar-refractivity contribution in [3.8, 4) is 11.5 Å². The first-order valence-electron chi connectivity index (χ1n) is 9.60. The van der Waals surface area contributed by atoms with Gasteiger partial charge in [0, 0.05) is 11.3 Å². The molecule has 1 heterocycles. The zero-order valence-corrected chi connectivity index (χ0v) is 16.1. The van der Waals surface area contributed by atoms with Crippen LogP contribution >= 0.6 is 0 Å². The molecule has 1 aliphatic carbocycles. The lowest BCUT2D eigenvalue weighted by atomic mass is 9.78. The van der Waals surface area contributed by atoms with Crippen molar-refractivity contribution in [1.82, 2.24) is 4.98 Å². The van der Waals surface area contributed by atoms with Crippen LogP contribution in [0.25, 0.3) is 11.5 Å². The highest BCUT2D eigenvalue weighted by atomic mass is 19.1. The molecule has 0 spiro atoms. The maximum Gasteiger partial charge on any atom is 0.235 e. The minimum atomic E-state index is -0.686. The van der Waals surface area contributed by atoms with E-state index >= 15 is 0 Å². The van der Waals surface area contributed by atoms with Gasteiger partial charge >= 0.3 is 0 Å². The number of nitrogens with zero attached hydrogens (tertiary/aromatic N) is 1. The van der Waals surface area contributed by atoms with Crippen molar-refractivity contribution in [2.45, 2.75) is 44.9 Å². The fourth-order valence-corrected chi connectivity index (χ4v) is 3.99. The van der Waals surface area contributed by atoms with E-state index in [1.165, 1.54) is 12.1 Å². The third kappa shape index (κ3) is 3.33. The number of rotatable bonds is 4. The average molecular weight is 378 g/mol. The number of amides is 1. The quantitative estimate of drug-likeness (QED) is 0.648. The lowest BCUT2D eigenvalue weighted by molar-refractivity contribution is -0.121. The summed E-state index contributed by atoms with van der Waals surface area (Å²) in [5.74, 6) is 0.910. The van der Waals surface area contributed by atoms with Crippen LogP contribution in [0.4, 0.5) is 10.1 Å². The van der Waals surface area contributed by atoms with Gasteiger partial charge in [-0.3, -0.25) is 4.79 Å². The first-order chi connectivity index (χ1) is 13.5. The second-order valence-corrected chi connectivity index (χ2v) is 7.50. The largest absolute Gasteiger partial charge is 0.441 e. The molecule has 4 rings (SSSR count). The molecule has 28 heavy (non-hydrogen) atoms. The maximum atomic E-state index is 13.8. The summed E-state index contributed by atoms with van der Waals surface area (Å²) in [6, 6.07) is 13.9. The molecule has 1 aromatic heterocycles. The summed E-state index contributed by atoms with van der Waals surface area (Å²) < 4.78 is 19.5. The third-order valence-corrected chi connectivity index (χ3v) is 5.66. The number of aromatic nitrogens is 1. The number of oxazole rings is 1. The fourth-order valence-electron chi connectivity index (χ4n) is 3.99. The minimum absolute atomic E-state index is 0.0903. The molecular weight excluding hydrogens is 355 g/mol. The number of benzene rings is 2. The van der Waals surface area contributed by atoms with Gasteiger partial charge in [-0.25, -0.2) is 9.37 Å². The predicted octanol–water partition coefficient (Wildman–Crippen LogP) is 5.55. The van der Waals surface area contributed by atoms with E-state index < -0.39 is 5.41 Å². The third-order valence-electron chi connectivity index (χ3n) is 5.66. The standard InChI is InChI=1S/C23H23FN2O2/c1-15-16(2)28-21(25-15)17-7-5-10-20(13-17)26-22(27)23(11-3-4-12-23)18-8-6-9-19(24)14-18/h5-10,13-14H,3-4,11-12H2,1-2H3,(H,26,27). The van der Waals surface area contributed by atoms with Crippen molar-refractivity contribution in [3.63, 3.8) is 0 Å². The smallest absolute Gasteiger partial charge is 0.235 e. The van der Waals surface area contributed by atoms with Crippen molar-refractivity contribution >= 4 is 11.6 Å². The number of hydrogen-bond donors (Lipinski definition) is 1. The van der Waals surface area contributed by atoms with Crippen molar-refractivity contribution in [1.29, 1.82) is 0 Å². The van der Waals surface area contributed by atoms with E-state index in [0.29, 0.717) is 11.6 Å². The Kier molecular flexibility index (Phi) is 4.75. The molecule has 1 fully saturated rings. The molecule has 0 radical (unpaired) electrons. The number of hydrogen-bond acceptors (Lipinski definition) is 3. The highest BCUT2D eigenvalue weighted by Gasteiger charge is 2.42. The highest BCUT2D eigenvalue weighted by molar-refractivity contribution is 5.99. The molecule has 3 aromatic rings. The van der Waals surface area contributed by atoms with Crippen LogP contribution in [0, 0.1) is 19.7 Å². The topological polar surface area (TPSA) is 55.1 Å². The molecule has 1 amide bonds. The van der Waals surface area contributed by atoms with Gasteiger partial charge in [0.1, 0.15) is 11.6 Å². The molecule has 0 bridgehead atoms. The predicted molar refractivity (Wildman–Crippen MR) is 107 cm³/mol. The van der Waals surface area contributed by atoms with Crippen molar-refractivity contribution in [2.75, 3.05) is 5.32 Å². The van der Waals surface area contributed by atoms with E-state index in [1.807, 2.05) is 44.2 Å². The number of halogens is 1. The molecule has 0 saturated heterocycles. The van der Waals surface area contributed by atoms with Crippen LogP contribution in [0.3, 0.4) is 0 Å². The Morgan fingerprint density at radius 3 is 2.54 bits per heavy atom. The van der Waals surface area contributed by atoms with Gasteiger partial charge in [0.25, 0.3) is 0 Å². The van der Waals surface area contributed by atoms with Gasteiger partial charge in [0.2, 0.25) is 11.8 Å². The van der Waals surface area contributed by atoms with Crippen molar-refractivity contribution < 1.29 is 13.6 Å². The monoisotopic (exact) mass is 378 g/mol. The summed E-state index contributed by atoms with van der Waals surface area (Å²) in [4.78, 5) is 17.7. The zero-order valence-electron chi connectivity index (χ0n) is 16.1. The number of carbonyl (C=O) groups excluding carboxylic acids is 1. The first kappa shape index (κ1) is 18.4. The van der Waals surface area contributed by atoms with Gasteiger partial charge < -0.3 is 9.73 Å². The summed E-state index contributed by atoms with van der Waals surface area (Å²) >= 11 is 0. The van der Waals surface area contributed by atoms with Gasteiger partial charge in [-0.15, -0.1) is 0 Å². The fraction of sp³-hybridized carbons (Fsp3) is 0.304. The molecular formula is C23H23FN2O2. The Labute approximate surface area is 163 Å². The second kappa shape index (κ2) is 7.23. The summed E-state index contributed by atoms with van der Waals surface area (Å²) in [5.41, 5.74) is 2.39. The lowest BCUT2D eigenvalue weighted by Crippen LogP contribution is -2.38. The molecule has 0 atom stereocenters. The van der Waals surface area contributed by atoms with E-state index in [9.17, 15) is 9.18 Å². The Hall–Kier alpha value is -2.95. The molecule has 5 heteroatoms. The summed E-state index contributed by atoms with van der Waals surface area (Å²) in [5, 5.41) is 3.04. The molecule has 1 aliphatic rings. The van der Waals surface area contributed by atoms with Gasteiger partial charge in [-0.1, -0.05) is 31.0 Å². The van der Waals surface area contributed by atoms with Gasteiger partial charge in [0.05, 0.1) is 11.1 Å². The number of nitrogens with one attached hydrogen (secondary N) is 1. The molecule has 1 N–H and O–H groups in total. The van der Waals surface area contributed by atoms with Crippen molar-refractivity contribution in [2.24, 2.45) is 0 Å². The van der Waals surface area contributed by atoms with Crippen LogP contribution in [-0.4, -0.2) is 10.9 Å². The number of anilines is 1. The second-order valence-electron chi connectivity index (χ2n) is 7.50. The molecule has 4 nitrogen and oxygen atoms in total. The first-order valence-corrected chi connectivity index (χ1v) is 9.60. The summed E-state index contributed by atoms with van der Waals surface area (Å²) in [7, 11) is 0. The minimum Gasteiger partial charge on any atom is -0.441 e. The molecule has 0 aliphatic heterocycles.